The molecule has 0 aliphatic carbocycles. The second-order valence-electron chi connectivity index (χ2n) is 4.65. The van der Waals surface area contributed by atoms with Gasteiger partial charge in [0.25, 0.3) is 5.91 Å². The quantitative estimate of drug-likeness (QED) is 0.883. The molecule has 0 heterocycles. The van der Waals surface area contributed by atoms with Crippen molar-refractivity contribution in [3.05, 3.63) is 64.7 Å². The van der Waals surface area contributed by atoms with Crippen LogP contribution in [0, 0.1) is 0 Å². The Morgan fingerprint density at radius 2 is 1.86 bits per heavy atom. The molecule has 0 aliphatic rings. The van der Waals surface area contributed by atoms with E-state index in [9.17, 15) is 13.6 Å². The number of carbonyl (C=O) groups excluding carboxylic acids is 1. The minimum Gasteiger partial charge on any atom is -0.435 e. The SMILES string of the molecule is C[C@@H](NC(=O)c1ccc(OC(F)F)cc1)c1cccc(Cl)c1. The molecule has 2 aromatic rings. The highest BCUT2D eigenvalue weighted by atomic mass is 35.5. The van der Waals surface area contributed by atoms with Gasteiger partial charge in [-0.25, -0.2) is 0 Å². The van der Waals surface area contributed by atoms with E-state index < -0.39 is 6.61 Å². The topological polar surface area (TPSA) is 38.3 Å². The second-order valence-corrected chi connectivity index (χ2v) is 5.09. The first-order valence-electron chi connectivity index (χ1n) is 6.57. The van der Waals surface area contributed by atoms with E-state index in [0.29, 0.717) is 10.6 Å². The highest BCUT2D eigenvalue weighted by molar-refractivity contribution is 6.30. The molecule has 0 radical (unpaired) electrons. The van der Waals surface area contributed by atoms with Gasteiger partial charge in [-0.15, -0.1) is 0 Å². The third kappa shape index (κ3) is 4.43. The Labute approximate surface area is 131 Å². The van der Waals surface area contributed by atoms with Gasteiger partial charge in [0, 0.05) is 10.6 Å². The van der Waals surface area contributed by atoms with Crippen molar-refractivity contribution in [3.63, 3.8) is 0 Å². The van der Waals surface area contributed by atoms with Crippen LogP contribution in [0.3, 0.4) is 0 Å². The van der Waals surface area contributed by atoms with Crippen molar-refractivity contribution in [3.8, 4) is 5.75 Å². The van der Waals surface area contributed by atoms with Gasteiger partial charge >= 0.3 is 6.61 Å². The van der Waals surface area contributed by atoms with E-state index in [4.69, 9.17) is 11.6 Å². The molecule has 1 N–H and O–H groups in total. The maximum atomic E-state index is 12.1. The molecule has 22 heavy (non-hydrogen) atoms. The van der Waals surface area contributed by atoms with Crippen molar-refractivity contribution >= 4 is 17.5 Å². The van der Waals surface area contributed by atoms with Crippen LogP contribution in [0.2, 0.25) is 5.02 Å². The highest BCUT2D eigenvalue weighted by Gasteiger charge is 2.12. The molecule has 2 rings (SSSR count). The van der Waals surface area contributed by atoms with Gasteiger partial charge in [0.05, 0.1) is 6.04 Å². The Morgan fingerprint density at radius 3 is 2.45 bits per heavy atom. The molecule has 0 aliphatic heterocycles. The smallest absolute Gasteiger partial charge is 0.387 e. The molecule has 0 unspecified atom stereocenters. The first-order chi connectivity index (χ1) is 10.5. The Kier molecular flexibility index (Phi) is 5.33. The second kappa shape index (κ2) is 7.22. The van der Waals surface area contributed by atoms with E-state index >= 15 is 0 Å². The zero-order chi connectivity index (χ0) is 16.1. The number of amides is 1. The maximum Gasteiger partial charge on any atom is 0.387 e. The van der Waals surface area contributed by atoms with Crippen LogP contribution >= 0.6 is 11.6 Å². The van der Waals surface area contributed by atoms with Crippen LogP contribution in [0.25, 0.3) is 0 Å². The van der Waals surface area contributed by atoms with Gasteiger partial charge in [0.2, 0.25) is 0 Å². The van der Waals surface area contributed by atoms with Gasteiger partial charge in [-0.1, -0.05) is 23.7 Å². The fourth-order valence-electron chi connectivity index (χ4n) is 1.93. The fraction of sp³-hybridized carbons (Fsp3) is 0.188. The van der Waals surface area contributed by atoms with Crippen LogP contribution in [-0.2, 0) is 0 Å². The highest BCUT2D eigenvalue weighted by Crippen LogP contribution is 2.19. The number of alkyl halides is 2. The molecule has 0 saturated heterocycles. The summed E-state index contributed by atoms with van der Waals surface area (Å²) in [6, 6.07) is 12.5. The largest absolute Gasteiger partial charge is 0.435 e. The molecule has 116 valence electrons. The molecule has 3 nitrogen and oxygen atoms in total. The minimum absolute atomic E-state index is 0.00874. The molecular formula is C16H14ClF2NO2. The zero-order valence-corrected chi connectivity index (χ0v) is 12.5. The molecular weight excluding hydrogens is 312 g/mol. The molecule has 6 heteroatoms. The summed E-state index contributed by atoms with van der Waals surface area (Å²) >= 11 is 5.91. The summed E-state index contributed by atoms with van der Waals surface area (Å²) in [6.07, 6.45) is 0. The van der Waals surface area contributed by atoms with Gasteiger partial charge in [0.15, 0.2) is 0 Å². The third-order valence-electron chi connectivity index (χ3n) is 3.04. The maximum absolute atomic E-state index is 12.1. The number of hydrogen-bond acceptors (Lipinski definition) is 2. The number of ether oxygens (including phenoxy) is 1. The Bertz CT molecular complexity index is 647. The van der Waals surface area contributed by atoms with E-state index in [1.54, 1.807) is 18.2 Å². The summed E-state index contributed by atoms with van der Waals surface area (Å²) < 4.78 is 28.4. The number of carbonyl (C=O) groups is 1. The third-order valence-corrected chi connectivity index (χ3v) is 3.27. The van der Waals surface area contributed by atoms with E-state index in [0.717, 1.165) is 5.56 Å². The summed E-state index contributed by atoms with van der Waals surface area (Å²) in [7, 11) is 0. The van der Waals surface area contributed by atoms with E-state index in [1.165, 1.54) is 24.3 Å². The number of nitrogens with one attached hydrogen (secondary N) is 1. The summed E-state index contributed by atoms with van der Waals surface area (Å²) in [5, 5.41) is 3.40. The summed E-state index contributed by atoms with van der Waals surface area (Å²) in [5.74, 6) is -0.300. The predicted octanol–water partition coefficient (Wildman–Crippen LogP) is 4.43. The number of benzene rings is 2. The molecule has 0 bridgehead atoms. The van der Waals surface area contributed by atoms with Crippen LogP contribution in [0.5, 0.6) is 5.75 Å². The van der Waals surface area contributed by atoms with Crippen molar-refractivity contribution in [1.29, 1.82) is 0 Å². The Morgan fingerprint density at radius 1 is 1.18 bits per heavy atom. The molecule has 0 fully saturated rings. The molecule has 2 aromatic carbocycles. The van der Waals surface area contributed by atoms with Crippen molar-refractivity contribution in [2.24, 2.45) is 0 Å². The van der Waals surface area contributed by atoms with E-state index in [-0.39, 0.29) is 17.7 Å². The van der Waals surface area contributed by atoms with Crippen LogP contribution in [0.4, 0.5) is 8.78 Å². The first kappa shape index (κ1) is 16.2. The van der Waals surface area contributed by atoms with Crippen molar-refractivity contribution in [2.45, 2.75) is 19.6 Å². The number of rotatable bonds is 5. The van der Waals surface area contributed by atoms with Gasteiger partial charge in [0.1, 0.15) is 5.75 Å². The van der Waals surface area contributed by atoms with Crippen molar-refractivity contribution in [1.82, 2.24) is 5.32 Å². The van der Waals surface area contributed by atoms with Gasteiger partial charge in [-0.3, -0.25) is 4.79 Å². The van der Waals surface area contributed by atoms with Crippen LogP contribution in [0.15, 0.2) is 48.5 Å². The predicted molar refractivity (Wildman–Crippen MR) is 80.4 cm³/mol. The van der Waals surface area contributed by atoms with Crippen molar-refractivity contribution in [2.75, 3.05) is 0 Å². The zero-order valence-electron chi connectivity index (χ0n) is 11.7. The molecule has 0 aromatic heterocycles. The Balaban J connectivity index is 2.02. The van der Waals surface area contributed by atoms with Crippen molar-refractivity contribution < 1.29 is 18.3 Å². The van der Waals surface area contributed by atoms with Gasteiger partial charge in [-0.2, -0.15) is 8.78 Å². The molecule has 1 amide bonds. The lowest BCUT2D eigenvalue weighted by Gasteiger charge is -2.15. The average Bonchev–Trinajstić information content (AvgIpc) is 2.47. The lowest BCUT2D eigenvalue weighted by molar-refractivity contribution is -0.0498. The summed E-state index contributed by atoms with van der Waals surface area (Å²) in [4.78, 5) is 12.1. The van der Waals surface area contributed by atoms with Crippen LogP contribution in [-0.4, -0.2) is 12.5 Å². The van der Waals surface area contributed by atoms with E-state index in [2.05, 4.69) is 10.1 Å². The Hall–Kier alpha value is -2.14. The average molecular weight is 326 g/mol. The lowest BCUT2D eigenvalue weighted by atomic mass is 10.1. The van der Waals surface area contributed by atoms with Crippen LogP contribution in [0.1, 0.15) is 28.9 Å². The van der Waals surface area contributed by atoms with Gasteiger partial charge < -0.3 is 10.1 Å². The molecule has 0 saturated carbocycles. The van der Waals surface area contributed by atoms with E-state index in [1.807, 2.05) is 13.0 Å². The minimum atomic E-state index is -2.89. The summed E-state index contributed by atoms with van der Waals surface area (Å²) in [6.45, 7) is -1.06. The number of hydrogen-bond donors (Lipinski definition) is 1. The lowest BCUT2D eigenvalue weighted by Crippen LogP contribution is -2.26. The monoisotopic (exact) mass is 325 g/mol. The fourth-order valence-corrected chi connectivity index (χ4v) is 2.13. The molecule has 1 atom stereocenters. The van der Waals surface area contributed by atoms with Gasteiger partial charge in [-0.05, 0) is 48.9 Å². The standard InChI is InChI=1S/C16H14ClF2NO2/c1-10(12-3-2-4-13(17)9-12)20-15(21)11-5-7-14(8-6-11)22-16(18)19/h2-10,16H,1H3,(H,20,21)/t10-/m1/s1. The first-order valence-corrected chi connectivity index (χ1v) is 6.94. The van der Waals surface area contributed by atoms with Crippen LogP contribution < -0.4 is 10.1 Å². The molecule has 0 spiro atoms. The normalized spacial score (nSPS) is 12.0. The number of halogens is 3. The summed E-state index contributed by atoms with van der Waals surface area (Å²) in [5.41, 5.74) is 1.23.